The molecule has 0 aliphatic rings. The highest BCUT2D eigenvalue weighted by Gasteiger charge is 2.08. The molecule has 0 radical (unpaired) electrons. The van der Waals surface area contributed by atoms with Crippen molar-refractivity contribution in [1.29, 1.82) is 0 Å². The molecule has 0 aliphatic carbocycles. The van der Waals surface area contributed by atoms with E-state index in [1.165, 1.54) is 7.11 Å². The highest BCUT2D eigenvalue weighted by molar-refractivity contribution is 6.00. The van der Waals surface area contributed by atoms with Gasteiger partial charge in [-0.15, -0.1) is 0 Å². The van der Waals surface area contributed by atoms with Gasteiger partial charge in [0.25, 0.3) is 0 Å². The van der Waals surface area contributed by atoms with Crippen LogP contribution in [0.15, 0.2) is 78.9 Å². The van der Waals surface area contributed by atoms with Gasteiger partial charge in [-0.05, 0) is 54.6 Å². The molecule has 3 rings (SSSR count). The molecule has 0 saturated carbocycles. The minimum Gasteiger partial charge on any atom is -0.465 e. The molecule has 0 atom stereocenters. The number of ether oxygens (including phenoxy) is 2. The van der Waals surface area contributed by atoms with Crippen LogP contribution in [0.25, 0.3) is 0 Å². The Labute approximate surface area is 156 Å². The number of carbonyl (C=O) groups is 2. The highest BCUT2D eigenvalue weighted by Crippen LogP contribution is 2.22. The third kappa shape index (κ3) is 5.09. The van der Waals surface area contributed by atoms with E-state index < -0.39 is 12.0 Å². The second-order valence-electron chi connectivity index (χ2n) is 5.59. The number of methoxy groups -OCH3 is 1. The lowest BCUT2D eigenvalue weighted by atomic mass is 10.2. The summed E-state index contributed by atoms with van der Waals surface area (Å²) in [5, 5.41) is 5.40. The van der Waals surface area contributed by atoms with Gasteiger partial charge in [-0.1, -0.05) is 24.3 Å². The zero-order valence-electron chi connectivity index (χ0n) is 14.6. The Hall–Kier alpha value is -3.80. The fourth-order valence-corrected chi connectivity index (χ4v) is 2.37. The Kier molecular flexibility index (Phi) is 5.69. The number of benzene rings is 3. The summed E-state index contributed by atoms with van der Waals surface area (Å²) < 4.78 is 10.4. The third-order valence-electron chi connectivity index (χ3n) is 3.63. The number of carbonyl (C=O) groups excluding carboxylic acids is 2. The largest absolute Gasteiger partial charge is 0.465 e. The van der Waals surface area contributed by atoms with Crippen LogP contribution in [0.1, 0.15) is 10.4 Å². The summed E-state index contributed by atoms with van der Waals surface area (Å²) in [6, 6.07) is 22.5. The van der Waals surface area contributed by atoms with Gasteiger partial charge in [-0.2, -0.15) is 0 Å². The maximum absolute atomic E-state index is 12.1. The van der Waals surface area contributed by atoms with Gasteiger partial charge in [0.2, 0.25) is 0 Å². The van der Waals surface area contributed by atoms with E-state index in [0.717, 1.165) is 5.75 Å². The van der Waals surface area contributed by atoms with Crippen molar-refractivity contribution in [3.05, 3.63) is 84.4 Å². The van der Waals surface area contributed by atoms with E-state index in [1.54, 1.807) is 48.5 Å². The molecule has 6 nitrogen and oxygen atoms in total. The minimum absolute atomic E-state index is 0.359. The summed E-state index contributed by atoms with van der Waals surface area (Å²) in [5.74, 6) is 0.937. The average Bonchev–Trinajstić information content (AvgIpc) is 2.70. The number of esters is 1. The van der Waals surface area contributed by atoms with Crippen molar-refractivity contribution in [3.8, 4) is 11.5 Å². The number of anilines is 2. The fraction of sp³-hybridized carbons (Fsp3) is 0.0476. The fourth-order valence-electron chi connectivity index (χ4n) is 2.37. The summed E-state index contributed by atoms with van der Waals surface area (Å²) in [6.07, 6.45) is 0. The zero-order valence-corrected chi connectivity index (χ0v) is 14.6. The van der Waals surface area contributed by atoms with E-state index in [0.29, 0.717) is 22.7 Å². The van der Waals surface area contributed by atoms with Crippen LogP contribution in [-0.2, 0) is 4.74 Å². The van der Waals surface area contributed by atoms with E-state index in [1.807, 2.05) is 30.3 Å². The van der Waals surface area contributed by atoms with Crippen LogP contribution in [-0.4, -0.2) is 19.1 Å². The van der Waals surface area contributed by atoms with Crippen molar-refractivity contribution >= 4 is 23.4 Å². The van der Waals surface area contributed by atoms with Crippen molar-refractivity contribution in [1.82, 2.24) is 0 Å². The summed E-state index contributed by atoms with van der Waals surface area (Å²) in [6.45, 7) is 0. The van der Waals surface area contributed by atoms with E-state index >= 15 is 0 Å². The monoisotopic (exact) mass is 362 g/mol. The van der Waals surface area contributed by atoms with Gasteiger partial charge in [0, 0.05) is 11.4 Å². The average molecular weight is 362 g/mol. The predicted molar refractivity (Wildman–Crippen MR) is 103 cm³/mol. The molecule has 6 heteroatoms. The molecule has 0 spiro atoms. The Morgan fingerprint density at radius 2 is 1.41 bits per heavy atom. The predicted octanol–water partition coefficient (Wildman–Crippen LogP) is 4.91. The molecular formula is C21H18N2O4. The van der Waals surface area contributed by atoms with Gasteiger partial charge in [0.1, 0.15) is 11.5 Å². The van der Waals surface area contributed by atoms with E-state index in [4.69, 9.17) is 4.74 Å². The smallest absolute Gasteiger partial charge is 0.337 e. The number of para-hydroxylation sites is 1. The summed E-state index contributed by atoms with van der Waals surface area (Å²) in [7, 11) is 1.31. The molecule has 0 saturated heterocycles. The number of hydrogen-bond acceptors (Lipinski definition) is 4. The second-order valence-corrected chi connectivity index (χ2v) is 5.59. The van der Waals surface area contributed by atoms with Crippen LogP contribution in [0.5, 0.6) is 11.5 Å². The Morgan fingerprint density at radius 1 is 0.741 bits per heavy atom. The molecule has 3 aromatic carbocycles. The lowest BCUT2D eigenvalue weighted by Gasteiger charge is -2.10. The molecule has 2 N–H and O–H groups in total. The SMILES string of the molecule is COC(=O)c1cccc(NC(=O)Nc2ccc(Oc3ccccc3)cc2)c1. The molecule has 136 valence electrons. The van der Waals surface area contributed by atoms with Crippen LogP contribution < -0.4 is 15.4 Å². The third-order valence-corrected chi connectivity index (χ3v) is 3.63. The summed E-state index contributed by atoms with van der Waals surface area (Å²) in [4.78, 5) is 23.7. The second kappa shape index (κ2) is 8.53. The van der Waals surface area contributed by atoms with Gasteiger partial charge >= 0.3 is 12.0 Å². The van der Waals surface area contributed by atoms with Gasteiger partial charge in [0.05, 0.1) is 12.7 Å². The first-order valence-electron chi connectivity index (χ1n) is 8.23. The van der Waals surface area contributed by atoms with Gasteiger partial charge in [-0.3, -0.25) is 0 Å². The molecule has 0 bridgehead atoms. The first-order valence-corrected chi connectivity index (χ1v) is 8.23. The molecule has 27 heavy (non-hydrogen) atoms. The lowest BCUT2D eigenvalue weighted by Crippen LogP contribution is -2.19. The van der Waals surface area contributed by atoms with Crippen LogP contribution in [0.4, 0.5) is 16.2 Å². The van der Waals surface area contributed by atoms with E-state index in [9.17, 15) is 9.59 Å². The van der Waals surface area contributed by atoms with E-state index in [-0.39, 0.29) is 0 Å². The first kappa shape index (κ1) is 18.0. The van der Waals surface area contributed by atoms with Crippen LogP contribution in [0.2, 0.25) is 0 Å². The standard InChI is InChI=1S/C21H18N2O4/c1-26-20(24)15-6-5-7-17(14-15)23-21(25)22-16-10-12-19(13-11-16)27-18-8-3-2-4-9-18/h2-14H,1H3,(H2,22,23,25). The molecule has 0 fully saturated rings. The number of hydrogen-bond donors (Lipinski definition) is 2. The van der Waals surface area contributed by atoms with Gasteiger partial charge < -0.3 is 20.1 Å². The van der Waals surface area contributed by atoms with Gasteiger partial charge in [-0.25, -0.2) is 9.59 Å². The van der Waals surface area contributed by atoms with Crippen molar-refractivity contribution in [2.45, 2.75) is 0 Å². The Morgan fingerprint density at radius 3 is 2.11 bits per heavy atom. The normalized spacial score (nSPS) is 9.96. The minimum atomic E-state index is -0.465. The highest BCUT2D eigenvalue weighted by atomic mass is 16.5. The maximum Gasteiger partial charge on any atom is 0.337 e. The first-order chi connectivity index (χ1) is 13.1. The number of nitrogens with one attached hydrogen (secondary N) is 2. The molecule has 0 unspecified atom stereocenters. The molecule has 0 heterocycles. The van der Waals surface area contributed by atoms with Crippen LogP contribution in [0.3, 0.4) is 0 Å². The quantitative estimate of drug-likeness (QED) is 0.632. The maximum atomic E-state index is 12.1. The molecule has 3 aromatic rings. The van der Waals surface area contributed by atoms with E-state index in [2.05, 4.69) is 15.4 Å². The van der Waals surface area contributed by atoms with Crippen molar-refractivity contribution < 1.29 is 19.1 Å². The molecule has 2 amide bonds. The number of urea groups is 1. The van der Waals surface area contributed by atoms with Gasteiger partial charge in [0.15, 0.2) is 0 Å². The van der Waals surface area contributed by atoms with Crippen molar-refractivity contribution in [2.24, 2.45) is 0 Å². The van der Waals surface area contributed by atoms with Crippen molar-refractivity contribution in [2.75, 3.05) is 17.7 Å². The van der Waals surface area contributed by atoms with Crippen molar-refractivity contribution in [3.63, 3.8) is 0 Å². The summed E-state index contributed by atoms with van der Waals surface area (Å²) >= 11 is 0. The molecule has 0 aliphatic heterocycles. The number of rotatable bonds is 5. The van der Waals surface area contributed by atoms with Crippen LogP contribution in [0, 0.1) is 0 Å². The zero-order chi connectivity index (χ0) is 19.1. The number of amides is 2. The van der Waals surface area contributed by atoms with Crippen LogP contribution >= 0.6 is 0 Å². The Balaban J connectivity index is 1.59. The molecular weight excluding hydrogens is 344 g/mol. The molecule has 0 aromatic heterocycles. The topological polar surface area (TPSA) is 76.7 Å². The lowest BCUT2D eigenvalue weighted by molar-refractivity contribution is 0.0600. The summed E-state index contributed by atoms with van der Waals surface area (Å²) in [5.41, 5.74) is 1.45. The Bertz CT molecular complexity index is 924.